The first kappa shape index (κ1) is 17.5. The highest BCUT2D eigenvalue weighted by molar-refractivity contribution is 6.26. The molecule has 0 heterocycles. The number of hydrogen-bond acceptors (Lipinski definition) is 4. The topological polar surface area (TPSA) is 74.6 Å². The number of carbonyl (C=O) groups excluding carboxylic acids is 2. The smallest absolute Gasteiger partial charge is 0.197 e. The van der Waals surface area contributed by atoms with E-state index in [2.05, 4.69) is 0 Å². The van der Waals surface area contributed by atoms with Crippen molar-refractivity contribution in [2.75, 3.05) is 0 Å². The predicted molar refractivity (Wildman–Crippen MR) is 107 cm³/mol. The summed E-state index contributed by atoms with van der Waals surface area (Å²) in [6, 6.07) is 23.1. The van der Waals surface area contributed by atoms with Gasteiger partial charge in [0.25, 0.3) is 0 Å². The van der Waals surface area contributed by atoms with Gasteiger partial charge in [0.1, 0.15) is 11.5 Å². The van der Waals surface area contributed by atoms with Crippen LogP contribution in [0.15, 0.2) is 84.9 Å². The van der Waals surface area contributed by atoms with E-state index in [1.807, 2.05) is 0 Å². The number of hydrogen-bond donors (Lipinski definition) is 2. The second kappa shape index (κ2) is 7.00. The highest BCUT2D eigenvalue weighted by atomic mass is 16.3. The lowest BCUT2D eigenvalue weighted by atomic mass is 9.89. The molecule has 0 bridgehead atoms. The number of phenols is 2. The van der Waals surface area contributed by atoms with Crippen molar-refractivity contribution >= 4 is 22.3 Å². The minimum Gasteiger partial charge on any atom is -0.507 e. The molecule has 0 saturated heterocycles. The number of rotatable bonds is 4. The van der Waals surface area contributed by atoms with Crippen molar-refractivity contribution < 1.29 is 19.8 Å². The fourth-order valence-electron chi connectivity index (χ4n) is 3.32. The van der Waals surface area contributed by atoms with Crippen LogP contribution >= 0.6 is 0 Å². The highest BCUT2D eigenvalue weighted by Crippen LogP contribution is 2.36. The molecule has 4 rings (SSSR count). The fourth-order valence-corrected chi connectivity index (χ4v) is 3.32. The minimum absolute atomic E-state index is 0.00104. The van der Waals surface area contributed by atoms with Crippen LogP contribution in [0.4, 0.5) is 0 Å². The Labute approximate surface area is 161 Å². The third-order valence-corrected chi connectivity index (χ3v) is 4.67. The second-order valence-corrected chi connectivity index (χ2v) is 6.41. The van der Waals surface area contributed by atoms with Crippen LogP contribution in [0.1, 0.15) is 31.8 Å². The lowest BCUT2D eigenvalue weighted by Gasteiger charge is -2.14. The SMILES string of the molecule is O=C(c1ccccc1)c1c(O)ccc2ccc(O)c(C(=O)c3ccccc3)c12. The van der Waals surface area contributed by atoms with Crippen molar-refractivity contribution in [2.24, 2.45) is 0 Å². The largest absolute Gasteiger partial charge is 0.507 e. The molecule has 0 unspecified atom stereocenters. The van der Waals surface area contributed by atoms with Gasteiger partial charge in [0, 0.05) is 16.5 Å². The first-order valence-electron chi connectivity index (χ1n) is 8.75. The van der Waals surface area contributed by atoms with Gasteiger partial charge in [-0.05, 0) is 17.5 Å². The Bertz CT molecular complexity index is 1100. The Morgan fingerprint density at radius 3 is 1.32 bits per heavy atom. The molecule has 0 spiro atoms. The Balaban J connectivity index is 2.04. The van der Waals surface area contributed by atoms with Crippen LogP contribution in [0, 0.1) is 0 Å². The van der Waals surface area contributed by atoms with Crippen molar-refractivity contribution in [2.45, 2.75) is 0 Å². The quantitative estimate of drug-likeness (QED) is 0.512. The maximum absolute atomic E-state index is 13.2. The highest BCUT2D eigenvalue weighted by Gasteiger charge is 2.24. The third-order valence-electron chi connectivity index (χ3n) is 4.67. The van der Waals surface area contributed by atoms with Crippen LogP contribution in [0.2, 0.25) is 0 Å². The van der Waals surface area contributed by atoms with E-state index in [0.29, 0.717) is 16.5 Å². The molecule has 0 aliphatic rings. The Kier molecular flexibility index (Phi) is 4.38. The van der Waals surface area contributed by atoms with Crippen molar-refractivity contribution in [3.05, 3.63) is 107 Å². The number of fused-ring (bicyclic) bond motifs is 1. The molecule has 0 aromatic heterocycles. The Morgan fingerprint density at radius 2 is 0.929 bits per heavy atom. The summed E-state index contributed by atoms with van der Waals surface area (Å²) in [6.45, 7) is 0. The third kappa shape index (κ3) is 2.91. The lowest BCUT2D eigenvalue weighted by Crippen LogP contribution is -2.08. The summed E-state index contributed by atoms with van der Waals surface area (Å²) in [5, 5.41) is 21.8. The van der Waals surface area contributed by atoms with Gasteiger partial charge in [0.2, 0.25) is 0 Å². The maximum atomic E-state index is 13.2. The van der Waals surface area contributed by atoms with E-state index >= 15 is 0 Å². The molecule has 0 saturated carbocycles. The standard InChI is InChI=1S/C24H16O4/c25-18-13-11-15-12-14-19(26)22(24(28)17-9-5-2-6-10-17)20(15)21(18)23(27)16-7-3-1-4-8-16/h1-14,25-26H. The van der Waals surface area contributed by atoms with E-state index in [9.17, 15) is 19.8 Å². The van der Waals surface area contributed by atoms with Crippen LogP contribution in [0.25, 0.3) is 10.8 Å². The van der Waals surface area contributed by atoms with Crippen molar-refractivity contribution in [1.29, 1.82) is 0 Å². The molecule has 136 valence electrons. The maximum Gasteiger partial charge on any atom is 0.197 e. The average molecular weight is 368 g/mol. The van der Waals surface area contributed by atoms with E-state index in [1.54, 1.807) is 72.8 Å². The van der Waals surface area contributed by atoms with Gasteiger partial charge in [0.15, 0.2) is 11.6 Å². The zero-order valence-electron chi connectivity index (χ0n) is 14.8. The zero-order valence-corrected chi connectivity index (χ0v) is 14.8. The monoisotopic (exact) mass is 368 g/mol. The van der Waals surface area contributed by atoms with Gasteiger partial charge >= 0.3 is 0 Å². The lowest BCUT2D eigenvalue weighted by molar-refractivity contribution is 0.103. The normalized spacial score (nSPS) is 10.7. The molecule has 0 aliphatic carbocycles. The molecule has 28 heavy (non-hydrogen) atoms. The minimum atomic E-state index is -0.420. The molecule has 4 aromatic carbocycles. The zero-order chi connectivity index (χ0) is 19.7. The van der Waals surface area contributed by atoms with E-state index in [1.165, 1.54) is 12.1 Å². The van der Waals surface area contributed by atoms with Gasteiger partial charge < -0.3 is 10.2 Å². The fraction of sp³-hybridized carbons (Fsp3) is 0. The molecule has 0 aliphatic heterocycles. The predicted octanol–water partition coefficient (Wildman–Crippen LogP) is 4.71. The van der Waals surface area contributed by atoms with Gasteiger partial charge in [0.05, 0.1) is 11.1 Å². The molecule has 2 N–H and O–H groups in total. The second-order valence-electron chi connectivity index (χ2n) is 6.41. The van der Waals surface area contributed by atoms with Crippen molar-refractivity contribution in [3.63, 3.8) is 0 Å². The summed E-state index contributed by atoms with van der Waals surface area (Å²) in [5.41, 5.74) is 0.760. The summed E-state index contributed by atoms with van der Waals surface area (Å²) >= 11 is 0. The van der Waals surface area contributed by atoms with Crippen LogP contribution in [-0.2, 0) is 0 Å². The van der Waals surface area contributed by atoms with Crippen LogP contribution in [-0.4, -0.2) is 21.8 Å². The molecule has 4 nitrogen and oxygen atoms in total. The molecule has 0 amide bonds. The van der Waals surface area contributed by atoms with Crippen LogP contribution in [0.3, 0.4) is 0 Å². The van der Waals surface area contributed by atoms with E-state index in [0.717, 1.165) is 0 Å². The van der Waals surface area contributed by atoms with Crippen LogP contribution in [0.5, 0.6) is 11.5 Å². The molecule has 0 radical (unpaired) electrons. The van der Waals surface area contributed by atoms with Gasteiger partial charge in [-0.25, -0.2) is 0 Å². The molecular weight excluding hydrogens is 352 g/mol. The van der Waals surface area contributed by atoms with Crippen molar-refractivity contribution in [1.82, 2.24) is 0 Å². The van der Waals surface area contributed by atoms with Gasteiger partial charge in [-0.3, -0.25) is 9.59 Å². The average Bonchev–Trinajstić information content (AvgIpc) is 2.74. The van der Waals surface area contributed by atoms with Gasteiger partial charge in [-0.2, -0.15) is 0 Å². The van der Waals surface area contributed by atoms with Crippen molar-refractivity contribution in [3.8, 4) is 11.5 Å². The first-order valence-corrected chi connectivity index (χ1v) is 8.75. The molecular formula is C24H16O4. The van der Waals surface area contributed by atoms with E-state index in [4.69, 9.17) is 0 Å². The summed E-state index contributed by atoms with van der Waals surface area (Å²) in [7, 11) is 0. The Hall–Kier alpha value is -3.92. The summed E-state index contributed by atoms with van der Waals surface area (Å²) in [4.78, 5) is 26.3. The summed E-state index contributed by atoms with van der Waals surface area (Å²) in [5.74, 6) is -1.32. The molecule has 4 heteroatoms. The number of ketones is 2. The van der Waals surface area contributed by atoms with E-state index < -0.39 is 11.6 Å². The molecule has 0 fully saturated rings. The number of benzene rings is 4. The summed E-state index contributed by atoms with van der Waals surface area (Å²) in [6.07, 6.45) is 0. The van der Waals surface area contributed by atoms with E-state index in [-0.39, 0.29) is 28.0 Å². The number of carbonyl (C=O) groups is 2. The van der Waals surface area contributed by atoms with Gasteiger partial charge in [-0.15, -0.1) is 0 Å². The van der Waals surface area contributed by atoms with Crippen LogP contribution < -0.4 is 0 Å². The molecule has 0 atom stereocenters. The van der Waals surface area contributed by atoms with Gasteiger partial charge in [-0.1, -0.05) is 72.8 Å². The summed E-state index contributed by atoms with van der Waals surface area (Å²) < 4.78 is 0. The number of aromatic hydroxyl groups is 2. The first-order chi connectivity index (χ1) is 13.6. The Morgan fingerprint density at radius 1 is 0.536 bits per heavy atom. The molecule has 4 aromatic rings. The number of phenolic OH excluding ortho intramolecular Hbond substituents is 2.